The molecule has 1 saturated heterocycles. The molecule has 0 aromatic carbocycles. The van der Waals surface area contributed by atoms with E-state index in [0.717, 1.165) is 25.8 Å². The van der Waals surface area contributed by atoms with E-state index in [4.69, 9.17) is 10.5 Å². The van der Waals surface area contributed by atoms with E-state index >= 15 is 0 Å². The Morgan fingerprint density at radius 2 is 1.96 bits per heavy atom. The number of carbonyl (C=O) groups excluding carboxylic acids is 3. The maximum absolute atomic E-state index is 11.9. The number of primary amides is 1. The Bertz CT molecular complexity index is 447. The summed E-state index contributed by atoms with van der Waals surface area (Å²) in [5.41, 5.74) is 4.40. The first-order valence-electron chi connectivity index (χ1n) is 7.91. The normalized spacial score (nSPS) is 20.4. The second kappa shape index (κ2) is 8.14. The summed E-state index contributed by atoms with van der Waals surface area (Å²) in [6.07, 6.45) is 2.39. The zero-order valence-corrected chi connectivity index (χ0v) is 14.3. The molecule has 1 fully saturated rings. The molecular weight excluding hydrogens is 300 g/mol. The smallest absolute Gasteiger partial charge is 0.407 e. The predicted molar refractivity (Wildman–Crippen MR) is 85.8 cm³/mol. The fraction of sp³-hybridized carbons (Fsp3) is 0.800. The Kier molecular flexibility index (Phi) is 6.80. The number of nitrogens with two attached hydrogens (primary N) is 1. The average Bonchev–Trinajstić information content (AvgIpc) is 2.35. The van der Waals surface area contributed by atoms with Crippen molar-refractivity contribution < 1.29 is 19.1 Å². The lowest BCUT2D eigenvalue weighted by atomic mass is 9.96. The van der Waals surface area contributed by atoms with E-state index < -0.39 is 23.6 Å². The van der Waals surface area contributed by atoms with Crippen molar-refractivity contribution in [3.8, 4) is 0 Å². The molecule has 1 heterocycles. The van der Waals surface area contributed by atoms with Crippen LogP contribution in [0.5, 0.6) is 0 Å². The van der Waals surface area contributed by atoms with Gasteiger partial charge >= 0.3 is 12.1 Å². The molecule has 0 aliphatic carbocycles. The molecule has 8 nitrogen and oxygen atoms in total. The Hall–Kier alpha value is -1.83. The fourth-order valence-corrected chi connectivity index (χ4v) is 2.73. The van der Waals surface area contributed by atoms with Crippen molar-refractivity contribution in [3.63, 3.8) is 0 Å². The number of alkyl carbamates (subject to hydrolysis) is 1. The van der Waals surface area contributed by atoms with Crippen LogP contribution in [0.2, 0.25) is 0 Å². The Morgan fingerprint density at radius 3 is 2.52 bits per heavy atom. The summed E-state index contributed by atoms with van der Waals surface area (Å²) < 4.78 is 5.26. The largest absolute Gasteiger partial charge is 0.444 e. The number of piperidine rings is 1. The monoisotopic (exact) mass is 328 g/mol. The third-order valence-electron chi connectivity index (χ3n) is 3.60. The topological polar surface area (TPSA) is 114 Å². The lowest BCUT2D eigenvalue weighted by molar-refractivity contribution is -0.122. The highest BCUT2D eigenvalue weighted by molar-refractivity contribution is 5.94. The van der Waals surface area contributed by atoms with Crippen molar-refractivity contribution in [1.29, 1.82) is 0 Å². The van der Waals surface area contributed by atoms with Crippen LogP contribution in [0, 0.1) is 0 Å². The molecule has 4 amide bonds. The average molecular weight is 328 g/mol. The zero-order valence-electron chi connectivity index (χ0n) is 14.3. The van der Waals surface area contributed by atoms with Crippen LogP contribution in [0.3, 0.4) is 0 Å². The summed E-state index contributed by atoms with van der Waals surface area (Å²) in [6, 6.07) is -1.02. The van der Waals surface area contributed by atoms with Gasteiger partial charge in [0.2, 0.25) is 5.91 Å². The molecule has 1 rings (SSSR count). The molecular formula is C15H28N4O4. The highest BCUT2D eigenvalue weighted by Crippen LogP contribution is 2.20. The van der Waals surface area contributed by atoms with Crippen molar-refractivity contribution in [2.75, 3.05) is 13.1 Å². The Morgan fingerprint density at radius 1 is 1.30 bits per heavy atom. The van der Waals surface area contributed by atoms with Crippen molar-refractivity contribution >= 4 is 18.0 Å². The minimum Gasteiger partial charge on any atom is -0.444 e. The van der Waals surface area contributed by atoms with Gasteiger partial charge in [0, 0.05) is 12.1 Å². The summed E-state index contributed by atoms with van der Waals surface area (Å²) >= 11 is 0. The summed E-state index contributed by atoms with van der Waals surface area (Å²) in [4.78, 5) is 36.3. The molecule has 0 aromatic heterocycles. The SMILES string of the molecule is C[C@@H](NC(=O)OC(C)(C)C)[C@@H]1CCCCN1CC(=O)NC(N)=O. The van der Waals surface area contributed by atoms with Gasteiger partial charge in [0.15, 0.2) is 0 Å². The van der Waals surface area contributed by atoms with Gasteiger partial charge in [0.05, 0.1) is 6.54 Å². The molecule has 0 unspecified atom stereocenters. The number of amides is 4. The number of rotatable bonds is 4. The second-order valence-electron chi connectivity index (χ2n) is 6.88. The third-order valence-corrected chi connectivity index (χ3v) is 3.60. The van der Waals surface area contributed by atoms with E-state index in [1.54, 1.807) is 20.8 Å². The Labute approximate surface area is 137 Å². The van der Waals surface area contributed by atoms with Crippen molar-refractivity contribution in [1.82, 2.24) is 15.5 Å². The van der Waals surface area contributed by atoms with Gasteiger partial charge in [0.25, 0.3) is 0 Å². The molecule has 0 radical (unpaired) electrons. The first kappa shape index (κ1) is 19.2. The van der Waals surface area contributed by atoms with Gasteiger partial charge in [0.1, 0.15) is 5.60 Å². The number of hydrogen-bond acceptors (Lipinski definition) is 5. The number of nitrogens with zero attached hydrogens (tertiary/aromatic N) is 1. The van der Waals surface area contributed by atoms with Crippen LogP contribution in [0.15, 0.2) is 0 Å². The molecule has 132 valence electrons. The van der Waals surface area contributed by atoms with E-state index in [1.807, 2.05) is 11.8 Å². The van der Waals surface area contributed by atoms with E-state index in [1.165, 1.54) is 0 Å². The minimum absolute atomic E-state index is 0.00916. The predicted octanol–water partition coefficient (Wildman–Crippen LogP) is 0.949. The molecule has 1 aliphatic rings. The van der Waals surface area contributed by atoms with Gasteiger partial charge in [-0.05, 0) is 47.1 Å². The van der Waals surface area contributed by atoms with Crippen LogP contribution in [0.25, 0.3) is 0 Å². The van der Waals surface area contributed by atoms with Gasteiger partial charge in [-0.1, -0.05) is 6.42 Å². The number of imide groups is 1. The lowest BCUT2D eigenvalue weighted by Gasteiger charge is -2.39. The van der Waals surface area contributed by atoms with E-state index in [2.05, 4.69) is 10.6 Å². The van der Waals surface area contributed by atoms with Crippen molar-refractivity contribution in [3.05, 3.63) is 0 Å². The summed E-state index contributed by atoms with van der Waals surface area (Å²) in [5.74, 6) is -0.436. The number of hydrogen-bond donors (Lipinski definition) is 3. The quantitative estimate of drug-likeness (QED) is 0.711. The number of ether oxygens (including phenoxy) is 1. The van der Waals surface area contributed by atoms with E-state index in [0.29, 0.717) is 0 Å². The van der Waals surface area contributed by atoms with Crippen LogP contribution in [-0.4, -0.2) is 53.7 Å². The third kappa shape index (κ3) is 7.32. The van der Waals surface area contributed by atoms with Crippen LogP contribution >= 0.6 is 0 Å². The van der Waals surface area contributed by atoms with Gasteiger partial charge < -0.3 is 15.8 Å². The summed E-state index contributed by atoms with van der Waals surface area (Å²) in [6.45, 7) is 8.11. The number of likely N-dealkylation sites (tertiary alicyclic amines) is 1. The van der Waals surface area contributed by atoms with Gasteiger partial charge in [-0.15, -0.1) is 0 Å². The van der Waals surface area contributed by atoms with Crippen molar-refractivity contribution in [2.24, 2.45) is 5.73 Å². The maximum atomic E-state index is 11.9. The molecule has 0 saturated carbocycles. The maximum Gasteiger partial charge on any atom is 0.407 e. The van der Waals surface area contributed by atoms with Crippen LogP contribution in [0.4, 0.5) is 9.59 Å². The van der Waals surface area contributed by atoms with Gasteiger partial charge in [-0.3, -0.25) is 15.0 Å². The molecule has 0 aromatic rings. The molecule has 2 atom stereocenters. The van der Waals surface area contributed by atoms with Crippen molar-refractivity contribution in [2.45, 2.75) is 64.6 Å². The first-order valence-corrected chi connectivity index (χ1v) is 7.91. The highest BCUT2D eigenvalue weighted by atomic mass is 16.6. The highest BCUT2D eigenvalue weighted by Gasteiger charge is 2.30. The molecule has 0 bridgehead atoms. The second-order valence-corrected chi connectivity index (χ2v) is 6.88. The van der Waals surface area contributed by atoms with Crippen LogP contribution in [-0.2, 0) is 9.53 Å². The van der Waals surface area contributed by atoms with E-state index in [-0.39, 0.29) is 18.6 Å². The molecule has 23 heavy (non-hydrogen) atoms. The molecule has 8 heteroatoms. The molecule has 1 aliphatic heterocycles. The minimum atomic E-state index is -0.858. The van der Waals surface area contributed by atoms with Gasteiger partial charge in [-0.25, -0.2) is 9.59 Å². The summed E-state index contributed by atoms with van der Waals surface area (Å²) in [7, 11) is 0. The number of carbonyl (C=O) groups is 3. The van der Waals surface area contributed by atoms with Crippen LogP contribution in [0.1, 0.15) is 47.0 Å². The summed E-state index contributed by atoms with van der Waals surface area (Å²) in [5, 5.41) is 4.89. The molecule has 4 N–H and O–H groups in total. The zero-order chi connectivity index (χ0) is 17.6. The fourth-order valence-electron chi connectivity index (χ4n) is 2.73. The Balaban J connectivity index is 2.60. The number of nitrogens with one attached hydrogen (secondary N) is 2. The standard InChI is InChI=1S/C15H28N4O4/c1-10(17-14(22)23-15(2,3)4)11-7-5-6-8-19(11)9-12(20)18-13(16)21/h10-11H,5-9H2,1-4H3,(H,17,22)(H3,16,18,20,21)/t10-,11+/m1/s1. The van der Waals surface area contributed by atoms with Gasteiger partial charge in [-0.2, -0.15) is 0 Å². The molecule has 0 spiro atoms. The van der Waals surface area contributed by atoms with E-state index in [9.17, 15) is 14.4 Å². The van der Waals surface area contributed by atoms with Crippen LogP contribution < -0.4 is 16.4 Å². The number of urea groups is 1. The lowest BCUT2D eigenvalue weighted by Crippen LogP contribution is -2.55. The first-order chi connectivity index (χ1) is 10.6.